The van der Waals surface area contributed by atoms with E-state index in [4.69, 9.17) is 0 Å². The molecular weight excluding hydrogens is 382 g/mol. The van der Waals surface area contributed by atoms with E-state index in [1.165, 1.54) is 24.2 Å². The standard InChI is InChI=1S/C23H25N3O2S/c1-16-20(13-18-9-5-3-6-10-18)26-23(24-16)29-15-22(28)25-21(17(2)27)14-19-11-7-4-8-12-19/h3-12,21H,13-15H2,1-2H3,(H,24,26)(H,25,28). The number of aryl methyl sites for hydroxylation is 1. The Hall–Kier alpha value is -2.86. The minimum atomic E-state index is -0.516. The van der Waals surface area contributed by atoms with Gasteiger partial charge in [-0.2, -0.15) is 0 Å². The monoisotopic (exact) mass is 407 g/mol. The second-order valence-corrected chi connectivity index (χ2v) is 7.95. The summed E-state index contributed by atoms with van der Waals surface area (Å²) in [5.74, 6) is -0.0213. The van der Waals surface area contributed by atoms with Crippen molar-refractivity contribution in [1.29, 1.82) is 0 Å². The molecule has 6 heteroatoms. The third-order valence-corrected chi connectivity index (χ3v) is 5.50. The maximum Gasteiger partial charge on any atom is 0.231 e. The van der Waals surface area contributed by atoms with Gasteiger partial charge in [-0.25, -0.2) is 4.98 Å². The molecule has 1 unspecified atom stereocenters. The SMILES string of the molecule is CC(=O)C(Cc1ccccc1)NC(=O)CSc1nc(Cc2ccccc2)c(C)[nH]1. The highest BCUT2D eigenvalue weighted by Crippen LogP contribution is 2.19. The Bertz CT molecular complexity index is 955. The van der Waals surface area contributed by atoms with Gasteiger partial charge in [0.25, 0.3) is 0 Å². The van der Waals surface area contributed by atoms with Crippen LogP contribution in [0.2, 0.25) is 0 Å². The molecule has 0 radical (unpaired) electrons. The van der Waals surface area contributed by atoms with E-state index in [0.717, 1.165) is 23.4 Å². The van der Waals surface area contributed by atoms with Crippen LogP contribution in [0.4, 0.5) is 0 Å². The molecule has 1 heterocycles. The Morgan fingerprint density at radius 1 is 1.03 bits per heavy atom. The Kier molecular flexibility index (Phi) is 7.25. The normalized spacial score (nSPS) is 11.8. The Balaban J connectivity index is 1.54. The van der Waals surface area contributed by atoms with Crippen LogP contribution < -0.4 is 5.32 Å². The molecule has 3 aromatic rings. The molecule has 29 heavy (non-hydrogen) atoms. The molecule has 2 N–H and O–H groups in total. The van der Waals surface area contributed by atoms with E-state index in [1.54, 1.807) is 0 Å². The van der Waals surface area contributed by atoms with Crippen molar-refractivity contribution in [3.63, 3.8) is 0 Å². The predicted octanol–water partition coefficient (Wildman–Crippen LogP) is 3.72. The van der Waals surface area contributed by atoms with Crippen molar-refractivity contribution in [3.8, 4) is 0 Å². The number of nitrogens with one attached hydrogen (secondary N) is 2. The van der Waals surface area contributed by atoms with E-state index in [-0.39, 0.29) is 17.4 Å². The molecule has 0 saturated carbocycles. The van der Waals surface area contributed by atoms with E-state index in [9.17, 15) is 9.59 Å². The zero-order valence-corrected chi connectivity index (χ0v) is 17.5. The number of ketones is 1. The number of carbonyl (C=O) groups excluding carboxylic acids is 2. The van der Waals surface area contributed by atoms with Crippen LogP contribution in [0.5, 0.6) is 0 Å². The highest BCUT2D eigenvalue weighted by atomic mass is 32.2. The molecule has 0 spiro atoms. The molecule has 1 aromatic heterocycles. The molecule has 0 saturated heterocycles. The Morgan fingerprint density at radius 3 is 2.28 bits per heavy atom. The third-order valence-electron chi connectivity index (χ3n) is 4.63. The molecule has 0 aliphatic rings. The summed E-state index contributed by atoms with van der Waals surface area (Å²) in [6.07, 6.45) is 1.24. The average Bonchev–Trinajstić information content (AvgIpc) is 3.07. The van der Waals surface area contributed by atoms with Crippen molar-refractivity contribution in [3.05, 3.63) is 83.2 Å². The number of benzene rings is 2. The number of thioether (sulfide) groups is 1. The van der Waals surface area contributed by atoms with Crippen molar-refractivity contribution in [2.45, 2.75) is 37.9 Å². The van der Waals surface area contributed by atoms with Crippen molar-refractivity contribution < 1.29 is 9.59 Å². The first-order valence-corrected chi connectivity index (χ1v) is 10.6. The molecular formula is C23H25N3O2S. The molecule has 1 atom stereocenters. The molecule has 0 aliphatic heterocycles. The number of Topliss-reactive ketones (excluding diaryl/α,β-unsaturated/α-hetero) is 1. The molecule has 2 aromatic carbocycles. The van der Waals surface area contributed by atoms with Gasteiger partial charge < -0.3 is 10.3 Å². The third kappa shape index (κ3) is 6.32. The van der Waals surface area contributed by atoms with E-state index >= 15 is 0 Å². The fourth-order valence-corrected chi connectivity index (χ4v) is 3.76. The Morgan fingerprint density at radius 2 is 1.66 bits per heavy atom. The van der Waals surface area contributed by atoms with Gasteiger partial charge in [-0.15, -0.1) is 0 Å². The smallest absolute Gasteiger partial charge is 0.231 e. The highest BCUT2D eigenvalue weighted by molar-refractivity contribution is 7.99. The van der Waals surface area contributed by atoms with E-state index < -0.39 is 6.04 Å². The average molecular weight is 408 g/mol. The lowest BCUT2D eigenvalue weighted by Gasteiger charge is -2.15. The molecule has 150 valence electrons. The summed E-state index contributed by atoms with van der Waals surface area (Å²) in [7, 11) is 0. The lowest BCUT2D eigenvalue weighted by Crippen LogP contribution is -2.42. The van der Waals surface area contributed by atoms with E-state index in [0.29, 0.717) is 11.6 Å². The topological polar surface area (TPSA) is 74.8 Å². The van der Waals surface area contributed by atoms with Gasteiger partial charge in [-0.05, 0) is 31.4 Å². The van der Waals surface area contributed by atoms with E-state index in [2.05, 4.69) is 27.4 Å². The number of imidazole rings is 1. The Labute approximate surface area is 175 Å². The van der Waals surface area contributed by atoms with Crippen LogP contribution in [0.15, 0.2) is 65.8 Å². The summed E-state index contributed by atoms with van der Waals surface area (Å²) in [6.45, 7) is 3.49. The zero-order chi connectivity index (χ0) is 20.6. The van der Waals surface area contributed by atoms with Crippen LogP contribution in [-0.2, 0) is 22.4 Å². The molecule has 1 amide bonds. The number of H-pyrrole nitrogens is 1. The van der Waals surface area contributed by atoms with Gasteiger partial charge in [0.05, 0.1) is 17.5 Å². The predicted molar refractivity (Wildman–Crippen MR) is 116 cm³/mol. The van der Waals surface area contributed by atoms with Gasteiger partial charge in [0.2, 0.25) is 5.91 Å². The summed E-state index contributed by atoms with van der Waals surface area (Å²) in [5, 5.41) is 3.56. The molecule has 0 bridgehead atoms. The second kappa shape index (κ2) is 10.1. The van der Waals surface area contributed by atoms with Gasteiger partial charge in [0.1, 0.15) is 0 Å². The van der Waals surface area contributed by atoms with Crippen LogP contribution in [0.25, 0.3) is 0 Å². The number of aromatic nitrogens is 2. The first-order valence-electron chi connectivity index (χ1n) is 9.57. The molecule has 0 aliphatic carbocycles. The lowest BCUT2D eigenvalue weighted by molar-refractivity contribution is -0.125. The van der Waals surface area contributed by atoms with Gasteiger partial charge in [0, 0.05) is 12.1 Å². The van der Waals surface area contributed by atoms with Crippen molar-refractivity contribution in [1.82, 2.24) is 15.3 Å². The number of hydrogen-bond donors (Lipinski definition) is 2. The lowest BCUT2D eigenvalue weighted by atomic mass is 10.0. The number of hydrogen-bond acceptors (Lipinski definition) is 4. The largest absolute Gasteiger partial charge is 0.345 e. The number of amides is 1. The van der Waals surface area contributed by atoms with Crippen LogP contribution in [0.3, 0.4) is 0 Å². The number of aromatic amines is 1. The summed E-state index contributed by atoms with van der Waals surface area (Å²) in [6, 6.07) is 19.3. The van der Waals surface area contributed by atoms with Crippen LogP contribution >= 0.6 is 11.8 Å². The van der Waals surface area contributed by atoms with Crippen molar-refractivity contribution >= 4 is 23.5 Å². The molecule has 3 rings (SSSR count). The zero-order valence-electron chi connectivity index (χ0n) is 16.6. The van der Waals surface area contributed by atoms with Gasteiger partial charge in [0.15, 0.2) is 10.9 Å². The maximum atomic E-state index is 12.4. The van der Waals surface area contributed by atoms with E-state index in [1.807, 2.05) is 55.5 Å². The number of carbonyl (C=O) groups is 2. The molecule has 5 nitrogen and oxygen atoms in total. The van der Waals surface area contributed by atoms with Gasteiger partial charge in [-0.3, -0.25) is 9.59 Å². The van der Waals surface area contributed by atoms with Gasteiger partial charge in [-0.1, -0.05) is 72.4 Å². The first-order chi connectivity index (χ1) is 14.0. The first kappa shape index (κ1) is 20.9. The minimum Gasteiger partial charge on any atom is -0.345 e. The van der Waals surface area contributed by atoms with Crippen molar-refractivity contribution in [2.75, 3.05) is 5.75 Å². The second-order valence-electron chi connectivity index (χ2n) is 6.99. The highest BCUT2D eigenvalue weighted by Gasteiger charge is 2.18. The van der Waals surface area contributed by atoms with Crippen molar-refractivity contribution in [2.24, 2.45) is 0 Å². The fourth-order valence-electron chi connectivity index (χ4n) is 3.01. The van der Waals surface area contributed by atoms with Crippen LogP contribution in [0.1, 0.15) is 29.4 Å². The summed E-state index contributed by atoms with van der Waals surface area (Å²) < 4.78 is 0. The summed E-state index contributed by atoms with van der Waals surface area (Å²) in [5.41, 5.74) is 4.20. The quantitative estimate of drug-likeness (QED) is 0.530. The molecule has 0 fully saturated rings. The summed E-state index contributed by atoms with van der Waals surface area (Å²) in [4.78, 5) is 32.2. The number of rotatable bonds is 9. The number of nitrogens with zero attached hydrogens (tertiary/aromatic N) is 1. The van der Waals surface area contributed by atoms with Crippen LogP contribution in [-0.4, -0.2) is 33.5 Å². The summed E-state index contributed by atoms with van der Waals surface area (Å²) >= 11 is 1.34. The maximum absolute atomic E-state index is 12.4. The minimum absolute atomic E-state index is 0.0498. The van der Waals surface area contributed by atoms with Gasteiger partial charge >= 0.3 is 0 Å². The van der Waals surface area contributed by atoms with Crippen LogP contribution in [0, 0.1) is 6.92 Å². The fraction of sp³-hybridized carbons (Fsp3) is 0.261.